The highest BCUT2D eigenvalue weighted by Gasteiger charge is 2.02. The fourth-order valence-electron chi connectivity index (χ4n) is 1.11. The Hall–Kier alpha value is -1.29. The summed E-state index contributed by atoms with van der Waals surface area (Å²) in [5, 5.41) is 5.76. The largest absolute Gasteiger partial charge is 0.469 e. The summed E-state index contributed by atoms with van der Waals surface area (Å²) in [5.74, 6) is 0.922. The van der Waals surface area contributed by atoms with Gasteiger partial charge in [-0.15, -0.1) is 0 Å². The van der Waals surface area contributed by atoms with Crippen LogP contribution in [-0.2, 0) is 11.2 Å². The number of nitrogens with one attached hydrogen (secondary N) is 2. The molecular formula is C10H16N2O2. The maximum absolute atomic E-state index is 11.2. The first-order valence-corrected chi connectivity index (χ1v) is 4.76. The fraction of sp³-hybridized carbons (Fsp3) is 0.500. The molecule has 0 bridgehead atoms. The van der Waals surface area contributed by atoms with E-state index < -0.39 is 0 Å². The van der Waals surface area contributed by atoms with Gasteiger partial charge in [0.1, 0.15) is 5.76 Å². The third-order valence-electron chi connectivity index (χ3n) is 1.88. The number of rotatable bonds is 6. The summed E-state index contributed by atoms with van der Waals surface area (Å²) in [6, 6.07) is 3.70. The molecule has 14 heavy (non-hydrogen) atoms. The van der Waals surface area contributed by atoms with Crippen molar-refractivity contribution in [3.63, 3.8) is 0 Å². The Labute approximate surface area is 83.7 Å². The van der Waals surface area contributed by atoms with E-state index in [0.29, 0.717) is 19.4 Å². The minimum Gasteiger partial charge on any atom is -0.469 e. The van der Waals surface area contributed by atoms with Crippen molar-refractivity contribution in [3.05, 3.63) is 24.2 Å². The number of hydrogen-bond donors (Lipinski definition) is 2. The first kappa shape index (κ1) is 10.8. The molecule has 1 aromatic rings. The van der Waals surface area contributed by atoms with Gasteiger partial charge in [0.15, 0.2) is 0 Å². The van der Waals surface area contributed by atoms with Gasteiger partial charge in [0.25, 0.3) is 0 Å². The van der Waals surface area contributed by atoms with Crippen molar-refractivity contribution in [1.82, 2.24) is 10.6 Å². The standard InChI is InChI=1S/C10H16N2O2/c1-11-6-7-12-10(13)5-4-9-3-2-8-14-9/h2-3,8,11H,4-7H2,1H3,(H,12,13). The molecule has 78 valence electrons. The number of carbonyl (C=O) groups is 1. The van der Waals surface area contributed by atoms with Crippen molar-refractivity contribution in [2.45, 2.75) is 12.8 Å². The Morgan fingerprint density at radius 3 is 3.00 bits per heavy atom. The molecule has 4 heteroatoms. The molecule has 1 amide bonds. The fourth-order valence-corrected chi connectivity index (χ4v) is 1.11. The number of furan rings is 1. The average molecular weight is 196 g/mol. The second kappa shape index (κ2) is 6.21. The van der Waals surface area contributed by atoms with E-state index >= 15 is 0 Å². The summed E-state index contributed by atoms with van der Waals surface area (Å²) in [6.07, 6.45) is 2.77. The molecule has 0 aromatic carbocycles. The molecule has 1 aromatic heterocycles. The minimum atomic E-state index is 0.0663. The van der Waals surface area contributed by atoms with E-state index in [1.807, 2.05) is 19.2 Å². The quantitative estimate of drug-likeness (QED) is 0.653. The van der Waals surface area contributed by atoms with Crippen molar-refractivity contribution in [2.75, 3.05) is 20.1 Å². The lowest BCUT2D eigenvalue weighted by Gasteiger charge is -2.03. The zero-order valence-electron chi connectivity index (χ0n) is 8.38. The molecule has 0 aliphatic carbocycles. The second-order valence-corrected chi connectivity index (χ2v) is 3.03. The van der Waals surface area contributed by atoms with Crippen molar-refractivity contribution >= 4 is 5.91 Å². The van der Waals surface area contributed by atoms with Gasteiger partial charge < -0.3 is 15.1 Å². The van der Waals surface area contributed by atoms with Gasteiger partial charge in [0.05, 0.1) is 6.26 Å². The molecule has 1 rings (SSSR count). The number of aryl methyl sites for hydroxylation is 1. The Bertz CT molecular complexity index is 257. The highest BCUT2D eigenvalue weighted by Crippen LogP contribution is 2.02. The zero-order chi connectivity index (χ0) is 10.2. The summed E-state index contributed by atoms with van der Waals surface area (Å²) >= 11 is 0. The smallest absolute Gasteiger partial charge is 0.220 e. The van der Waals surface area contributed by atoms with E-state index in [9.17, 15) is 4.79 Å². The van der Waals surface area contributed by atoms with Crippen LogP contribution in [0, 0.1) is 0 Å². The summed E-state index contributed by atoms with van der Waals surface area (Å²) in [6.45, 7) is 1.47. The normalized spacial score (nSPS) is 10.1. The molecule has 0 unspecified atom stereocenters. The second-order valence-electron chi connectivity index (χ2n) is 3.03. The number of hydrogen-bond acceptors (Lipinski definition) is 3. The molecule has 0 fully saturated rings. The zero-order valence-corrected chi connectivity index (χ0v) is 8.38. The summed E-state index contributed by atoms with van der Waals surface area (Å²) in [4.78, 5) is 11.2. The highest BCUT2D eigenvalue weighted by molar-refractivity contribution is 5.76. The molecule has 0 radical (unpaired) electrons. The van der Waals surface area contributed by atoms with Gasteiger partial charge in [-0.2, -0.15) is 0 Å². The van der Waals surface area contributed by atoms with E-state index in [1.54, 1.807) is 6.26 Å². The van der Waals surface area contributed by atoms with Gasteiger partial charge >= 0.3 is 0 Å². The topological polar surface area (TPSA) is 54.3 Å². The van der Waals surface area contributed by atoms with Crippen LogP contribution < -0.4 is 10.6 Å². The lowest BCUT2D eigenvalue weighted by Crippen LogP contribution is -2.30. The SMILES string of the molecule is CNCCNC(=O)CCc1ccco1. The van der Waals surface area contributed by atoms with E-state index in [4.69, 9.17) is 4.42 Å². The third kappa shape index (κ3) is 4.09. The molecule has 0 atom stereocenters. The van der Waals surface area contributed by atoms with Gasteiger partial charge in [-0.1, -0.05) is 0 Å². The Balaban J connectivity index is 2.09. The Kier molecular flexibility index (Phi) is 4.78. The Morgan fingerprint density at radius 2 is 2.36 bits per heavy atom. The number of amides is 1. The lowest BCUT2D eigenvalue weighted by atomic mass is 10.2. The first-order valence-electron chi connectivity index (χ1n) is 4.76. The third-order valence-corrected chi connectivity index (χ3v) is 1.88. The number of likely N-dealkylation sites (N-methyl/N-ethyl adjacent to an activating group) is 1. The maximum Gasteiger partial charge on any atom is 0.220 e. The van der Waals surface area contributed by atoms with E-state index in [1.165, 1.54) is 0 Å². The monoisotopic (exact) mass is 196 g/mol. The van der Waals surface area contributed by atoms with Crippen LogP contribution in [0.4, 0.5) is 0 Å². The molecule has 4 nitrogen and oxygen atoms in total. The van der Waals surface area contributed by atoms with Gasteiger partial charge in [0.2, 0.25) is 5.91 Å². The van der Waals surface area contributed by atoms with Gasteiger partial charge in [-0.3, -0.25) is 4.79 Å². The van der Waals surface area contributed by atoms with Crippen LogP contribution >= 0.6 is 0 Å². The molecule has 0 aliphatic rings. The van der Waals surface area contributed by atoms with Crippen LogP contribution in [0.2, 0.25) is 0 Å². The summed E-state index contributed by atoms with van der Waals surface area (Å²) in [7, 11) is 1.86. The van der Waals surface area contributed by atoms with E-state index in [2.05, 4.69) is 10.6 Å². The maximum atomic E-state index is 11.2. The van der Waals surface area contributed by atoms with Crippen LogP contribution in [0.1, 0.15) is 12.2 Å². The van der Waals surface area contributed by atoms with Gasteiger partial charge in [-0.25, -0.2) is 0 Å². The predicted octanol–water partition coefficient (Wildman–Crippen LogP) is 0.548. The molecule has 1 heterocycles. The Morgan fingerprint density at radius 1 is 1.50 bits per heavy atom. The minimum absolute atomic E-state index is 0.0663. The molecule has 0 saturated carbocycles. The van der Waals surface area contributed by atoms with Crippen LogP contribution in [0.15, 0.2) is 22.8 Å². The predicted molar refractivity (Wildman–Crippen MR) is 54.0 cm³/mol. The highest BCUT2D eigenvalue weighted by atomic mass is 16.3. The van der Waals surface area contributed by atoms with Crippen LogP contribution in [0.5, 0.6) is 0 Å². The first-order chi connectivity index (χ1) is 6.83. The molecule has 2 N–H and O–H groups in total. The van der Waals surface area contributed by atoms with Gasteiger partial charge in [0, 0.05) is 25.9 Å². The van der Waals surface area contributed by atoms with Crippen molar-refractivity contribution < 1.29 is 9.21 Å². The summed E-state index contributed by atoms with van der Waals surface area (Å²) < 4.78 is 5.12. The lowest BCUT2D eigenvalue weighted by molar-refractivity contribution is -0.121. The molecular weight excluding hydrogens is 180 g/mol. The van der Waals surface area contributed by atoms with E-state index in [-0.39, 0.29) is 5.91 Å². The van der Waals surface area contributed by atoms with E-state index in [0.717, 1.165) is 12.3 Å². The van der Waals surface area contributed by atoms with Gasteiger partial charge in [-0.05, 0) is 19.2 Å². The van der Waals surface area contributed by atoms with Crippen LogP contribution in [0.25, 0.3) is 0 Å². The van der Waals surface area contributed by atoms with Crippen molar-refractivity contribution in [3.8, 4) is 0 Å². The van der Waals surface area contributed by atoms with Crippen LogP contribution in [0.3, 0.4) is 0 Å². The van der Waals surface area contributed by atoms with Crippen molar-refractivity contribution in [2.24, 2.45) is 0 Å². The number of carbonyl (C=O) groups excluding carboxylic acids is 1. The van der Waals surface area contributed by atoms with Crippen molar-refractivity contribution in [1.29, 1.82) is 0 Å². The average Bonchev–Trinajstić information content (AvgIpc) is 2.68. The molecule has 0 aliphatic heterocycles. The molecule has 0 spiro atoms. The summed E-state index contributed by atoms with van der Waals surface area (Å²) in [5.41, 5.74) is 0. The van der Waals surface area contributed by atoms with Crippen LogP contribution in [-0.4, -0.2) is 26.0 Å². The molecule has 0 saturated heterocycles.